The van der Waals surface area contributed by atoms with Crippen LogP contribution in [0.15, 0.2) is 12.5 Å². The van der Waals surface area contributed by atoms with Crippen molar-refractivity contribution in [1.29, 1.82) is 0 Å². The van der Waals surface area contributed by atoms with Gasteiger partial charge in [-0.05, 0) is 19.3 Å². The van der Waals surface area contributed by atoms with Crippen molar-refractivity contribution in [1.82, 2.24) is 24.1 Å². The van der Waals surface area contributed by atoms with Crippen LogP contribution >= 0.6 is 0 Å². The Kier molecular flexibility index (Phi) is 6.51. The van der Waals surface area contributed by atoms with Crippen LogP contribution in [0.2, 0.25) is 0 Å². The van der Waals surface area contributed by atoms with Crippen LogP contribution in [0.1, 0.15) is 29.8 Å². The molecule has 27 heavy (non-hydrogen) atoms. The average molecular weight is 400 g/mol. The zero-order valence-corrected chi connectivity index (χ0v) is 16.8. The highest BCUT2D eigenvalue weighted by atomic mass is 32.2. The molecular formula is C17H29N5O4S. The van der Waals surface area contributed by atoms with E-state index < -0.39 is 10.0 Å². The summed E-state index contributed by atoms with van der Waals surface area (Å²) in [6.07, 6.45) is 7.24. The number of hydrogen-bond acceptors (Lipinski definition) is 6. The highest BCUT2D eigenvalue weighted by Gasteiger charge is 2.35. The SMILES string of the molecule is Cn1cnc(C(=O)NCCN(C2CCOCC2)C2CCN(S(C)(=O)=O)C2)c1. The maximum Gasteiger partial charge on any atom is 0.271 e. The molecule has 1 atom stereocenters. The van der Waals surface area contributed by atoms with Gasteiger partial charge in [0.25, 0.3) is 5.91 Å². The third kappa shape index (κ3) is 5.28. The minimum absolute atomic E-state index is 0.176. The van der Waals surface area contributed by atoms with Crippen molar-refractivity contribution in [3.05, 3.63) is 18.2 Å². The van der Waals surface area contributed by atoms with Gasteiger partial charge in [-0.3, -0.25) is 9.69 Å². The van der Waals surface area contributed by atoms with Crippen molar-refractivity contribution in [2.24, 2.45) is 7.05 Å². The Balaban J connectivity index is 1.59. The topological polar surface area (TPSA) is 96.8 Å². The molecule has 2 saturated heterocycles. The first-order valence-electron chi connectivity index (χ1n) is 9.39. The lowest BCUT2D eigenvalue weighted by Crippen LogP contribution is -2.50. The highest BCUT2D eigenvalue weighted by molar-refractivity contribution is 7.88. The Bertz CT molecular complexity index is 744. The molecule has 1 amide bonds. The van der Waals surface area contributed by atoms with E-state index in [2.05, 4.69) is 15.2 Å². The summed E-state index contributed by atoms with van der Waals surface area (Å²) >= 11 is 0. The van der Waals surface area contributed by atoms with Gasteiger partial charge in [-0.1, -0.05) is 0 Å². The second kappa shape index (κ2) is 8.68. The molecule has 2 aliphatic heterocycles. The molecule has 2 fully saturated rings. The van der Waals surface area contributed by atoms with Crippen LogP contribution in [-0.2, 0) is 21.8 Å². The Labute approximate surface area is 160 Å². The predicted octanol–water partition coefficient (Wildman–Crippen LogP) is -0.335. The zero-order valence-electron chi connectivity index (χ0n) is 16.0. The van der Waals surface area contributed by atoms with Crippen LogP contribution in [0.25, 0.3) is 0 Å². The lowest BCUT2D eigenvalue weighted by molar-refractivity contribution is 0.0194. The van der Waals surface area contributed by atoms with Crippen molar-refractivity contribution in [3.8, 4) is 0 Å². The molecule has 10 heteroatoms. The van der Waals surface area contributed by atoms with Gasteiger partial charge < -0.3 is 14.6 Å². The number of nitrogens with one attached hydrogen (secondary N) is 1. The van der Waals surface area contributed by atoms with Crippen LogP contribution < -0.4 is 5.32 Å². The maximum absolute atomic E-state index is 12.2. The van der Waals surface area contributed by atoms with Gasteiger partial charge in [-0.15, -0.1) is 0 Å². The lowest BCUT2D eigenvalue weighted by atomic mass is 10.0. The first-order chi connectivity index (χ1) is 12.8. The standard InChI is InChI=1S/C17H29N5O4S/c1-20-12-16(19-13-20)17(23)18-6-8-22(14-4-9-26-10-5-14)15-3-7-21(11-15)27(2,24)25/h12-15H,3-11H2,1-2H3,(H,18,23). The molecule has 0 radical (unpaired) electrons. The van der Waals surface area contributed by atoms with Gasteiger partial charge in [0.2, 0.25) is 10.0 Å². The number of amides is 1. The molecular weight excluding hydrogens is 370 g/mol. The molecule has 3 heterocycles. The van der Waals surface area contributed by atoms with Crippen molar-refractivity contribution < 1.29 is 17.9 Å². The van der Waals surface area contributed by atoms with E-state index in [1.165, 1.54) is 6.26 Å². The highest BCUT2D eigenvalue weighted by Crippen LogP contribution is 2.24. The van der Waals surface area contributed by atoms with E-state index in [0.29, 0.717) is 37.9 Å². The van der Waals surface area contributed by atoms with Crippen LogP contribution in [0, 0.1) is 0 Å². The van der Waals surface area contributed by atoms with Crippen molar-refractivity contribution in [3.63, 3.8) is 0 Å². The largest absolute Gasteiger partial charge is 0.381 e. The second-order valence-corrected chi connectivity index (χ2v) is 9.31. The lowest BCUT2D eigenvalue weighted by Gasteiger charge is -2.38. The minimum Gasteiger partial charge on any atom is -0.381 e. The summed E-state index contributed by atoms with van der Waals surface area (Å²) in [6, 6.07) is 0.532. The van der Waals surface area contributed by atoms with E-state index >= 15 is 0 Å². The minimum atomic E-state index is -3.17. The number of sulfonamides is 1. The summed E-state index contributed by atoms with van der Waals surface area (Å²) < 4.78 is 32.5. The number of carbonyl (C=O) groups is 1. The van der Waals surface area contributed by atoms with Gasteiger partial charge in [-0.2, -0.15) is 0 Å². The third-order valence-corrected chi connectivity index (χ3v) is 6.59. The summed E-state index contributed by atoms with van der Waals surface area (Å²) in [7, 11) is -1.34. The molecule has 1 aromatic heterocycles. The Morgan fingerprint density at radius 1 is 1.33 bits per heavy atom. The van der Waals surface area contributed by atoms with Crippen molar-refractivity contribution >= 4 is 15.9 Å². The molecule has 1 N–H and O–H groups in total. The Morgan fingerprint density at radius 3 is 2.67 bits per heavy atom. The Hall–Kier alpha value is -1.49. The van der Waals surface area contributed by atoms with Crippen molar-refractivity contribution in [2.45, 2.75) is 31.3 Å². The summed E-state index contributed by atoms with van der Waals surface area (Å²) in [5.41, 5.74) is 0.402. The zero-order chi connectivity index (χ0) is 19.4. The van der Waals surface area contributed by atoms with Crippen LogP contribution in [0.3, 0.4) is 0 Å². The molecule has 0 aliphatic carbocycles. The van der Waals surface area contributed by atoms with Crippen LogP contribution in [0.5, 0.6) is 0 Å². The van der Waals surface area contributed by atoms with Crippen LogP contribution in [0.4, 0.5) is 0 Å². The van der Waals surface area contributed by atoms with Crippen molar-refractivity contribution in [2.75, 3.05) is 45.6 Å². The molecule has 2 aliphatic rings. The fourth-order valence-corrected chi connectivity index (χ4v) is 4.76. The fraction of sp³-hybridized carbons (Fsp3) is 0.765. The fourth-order valence-electron chi connectivity index (χ4n) is 3.88. The summed E-state index contributed by atoms with van der Waals surface area (Å²) in [6.45, 7) is 3.72. The maximum atomic E-state index is 12.2. The third-order valence-electron chi connectivity index (χ3n) is 5.32. The number of aryl methyl sites for hydroxylation is 1. The molecule has 0 saturated carbocycles. The number of imidazole rings is 1. The van der Waals surface area contributed by atoms with E-state index in [0.717, 1.165) is 32.5 Å². The average Bonchev–Trinajstić information content (AvgIpc) is 3.28. The van der Waals surface area contributed by atoms with E-state index in [4.69, 9.17) is 4.74 Å². The molecule has 9 nitrogen and oxygen atoms in total. The normalized spacial score (nSPS) is 22.4. The van der Waals surface area contributed by atoms with Gasteiger partial charge in [0.1, 0.15) is 5.69 Å². The number of aromatic nitrogens is 2. The molecule has 1 aromatic rings. The summed E-state index contributed by atoms with van der Waals surface area (Å²) in [5.74, 6) is -0.188. The summed E-state index contributed by atoms with van der Waals surface area (Å²) in [5, 5.41) is 2.93. The van der Waals surface area contributed by atoms with Gasteiger partial charge >= 0.3 is 0 Å². The van der Waals surface area contributed by atoms with Gasteiger partial charge in [0, 0.05) is 64.7 Å². The molecule has 0 spiro atoms. The number of ether oxygens (including phenoxy) is 1. The molecule has 3 rings (SSSR count). The molecule has 1 unspecified atom stereocenters. The quantitative estimate of drug-likeness (QED) is 0.674. The van der Waals surface area contributed by atoms with E-state index in [1.807, 2.05) is 7.05 Å². The molecule has 0 aromatic carbocycles. The smallest absolute Gasteiger partial charge is 0.271 e. The van der Waals surface area contributed by atoms with E-state index in [-0.39, 0.29) is 11.9 Å². The Morgan fingerprint density at radius 2 is 2.07 bits per heavy atom. The number of hydrogen-bond donors (Lipinski definition) is 1. The predicted molar refractivity (Wildman–Crippen MR) is 101 cm³/mol. The van der Waals surface area contributed by atoms with Gasteiger partial charge in [0.05, 0.1) is 12.6 Å². The molecule has 0 bridgehead atoms. The van der Waals surface area contributed by atoms with Crippen LogP contribution in [-0.4, -0.2) is 90.8 Å². The first kappa shape index (κ1) is 20.2. The van der Waals surface area contributed by atoms with Gasteiger partial charge in [0.15, 0.2) is 0 Å². The number of carbonyl (C=O) groups excluding carboxylic acids is 1. The monoisotopic (exact) mass is 399 g/mol. The van der Waals surface area contributed by atoms with E-state index in [9.17, 15) is 13.2 Å². The molecule has 152 valence electrons. The van der Waals surface area contributed by atoms with Gasteiger partial charge in [-0.25, -0.2) is 17.7 Å². The summed E-state index contributed by atoms with van der Waals surface area (Å²) in [4.78, 5) is 18.6. The first-order valence-corrected chi connectivity index (χ1v) is 11.2. The van der Waals surface area contributed by atoms with E-state index in [1.54, 1.807) is 21.4 Å². The second-order valence-electron chi connectivity index (χ2n) is 7.33. The number of nitrogens with zero attached hydrogens (tertiary/aromatic N) is 4. The number of rotatable bonds is 7.